The molecule has 138 valence electrons. The van der Waals surface area contributed by atoms with E-state index in [1.807, 2.05) is 6.08 Å². The molecule has 0 heterocycles. The van der Waals surface area contributed by atoms with Crippen molar-refractivity contribution < 1.29 is 14.7 Å². The van der Waals surface area contributed by atoms with E-state index in [0.29, 0.717) is 36.4 Å². The minimum atomic E-state index is -1.16. The van der Waals surface area contributed by atoms with Crippen LogP contribution in [-0.4, -0.2) is 27.6 Å². The lowest BCUT2D eigenvalue weighted by atomic mass is 9.46. The molecule has 0 bridgehead atoms. The van der Waals surface area contributed by atoms with Crippen LogP contribution in [0.5, 0.6) is 0 Å². The van der Waals surface area contributed by atoms with E-state index in [1.54, 1.807) is 0 Å². The van der Waals surface area contributed by atoms with Gasteiger partial charge in [0.1, 0.15) is 5.60 Å². The van der Waals surface area contributed by atoms with E-state index >= 15 is 0 Å². The molecule has 0 radical (unpaired) electrons. The van der Waals surface area contributed by atoms with E-state index in [-0.39, 0.29) is 21.9 Å². The van der Waals surface area contributed by atoms with Crippen molar-refractivity contribution in [3.8, 4) is 0 Å². The van der Waals surface area contributed by atoms with Crippen molar-refractivity contribution in [3.05, 3.63) is 11.6 Å². The Morgan fingerprint density at radius 2 is 1.88 bits per heavy atom. The lowest BCUT2D eigenvalue weighted by Gasteiger charge is -2.58. The Kier molecular flexibility index (Phi) is 4.12. The Bertz CT molecular complexity index is 656. The molecule has 0 aromatic heterocycles. The largest absolute Gasteiger partial charge is 0.381 e. The van der Waals surface area contributed by atoms with E-state index in [1.165, 1.54) is 5.57 Å². The number of allylic oxidation sites excluding steroid dienone is 1. The third kappa shape index (κ3) is 2.25. The van der Waals surface area contributed by atoms with Crippen LogP contribution in [0.3, 0.4) is 0 Å². The van der Waals surface area contributed by atoms with Crippen LogP contribution in [0, 0.1) is 28.6 Å². The van der Waals surface area contributed by atoms with E-state index in [9.17, 15) is 14.7 Å². The molecule has 0 spiro atoms. The SMILES string of the molecule is C[C@]12CCC(=O)C=C1CC[C@@H]1[C@@H]2CC[C@@]2(C)[C@H]1CC[C@]2(O)C(=O)CBr. The summed E-state index contributed by atoms with van der Waals surface area (Å²) in [4.78, 5) is 24.4. The van der Waals surface area contributed by atoms with Crippen LogP contribution in [0.25, 0.3) is 0 Å². The smallest absolute Gasteiger partial charge is 0.175 e. The Morgan fingerprint density at radius 1 is 1.16 bits per heavy atom. The van der Waals surface area contributed by atoms with Gasteiger partial charge in [-0.2, -0.15) is 0 Å². The van der Waals surface area contributed by atoms with Crippen molar-refractivity contribution in [2.75, 3.05) is 5.33 Å². The molecular weight excluding hydrogens is 380 g/mol. The van der Waals surface area contributed by atoms with Gasteiger partial charge < -0.3 is 5.11 Å². The van der Waals surface area contributed by atoms with Gasteiger partial charge in [0.05, 0.1) is 5.33 Å². The van der Waals surface area contributed by atoms with Crippen molar-refractivity contribution in [1.29, 1.82) is 0 Å². The van der Waals surface area contributed by atoms with Crippen molar-refractivity contribution in [2.45, 2.75) is 70.8 Å². The molecule has 0 saturated heterocycles. The molecule has 0 aromatic carbocycles. The van der Waals surface area contributed by atoms with Crippen LogP contribution in [0.15, 0.2) is 11.6 Å². The lowest BCUT2D eigenvalue weighted by Crippen LogP contribution is -2.57. The molecule has 4 heteroatoms. The first-order valence-corrected chi connectivity index (χ1v) is 10.9. The van der Waals surface area contributed by atoms with Crippen molar-refractivity contribution >= 4 is 27.5 Å². The third-order valence-corrected chi connectivity index (χ3v) is 9.21. The molecule has 0 amide bonds. The summed E-state index contributed by atoms with van der Waals surface area (Å²) in [7, 11) is 0. The number of hydrogen-bond acceptors (Lipinski definition) is 3. The molecule has 1 N–H and O–H groups in total. The van der Waals surface area contributed by atoms with E-state index in [0.717, 1.165) is 38.5 Å². The fourth-order valence-electron chi connectivity index (χ4n) is 7.14. The summed E-state index contributed by atoms with van der Waals surface area (Å²) in [6.07, 6.45) is 9.28. The summed E-state index contributed by atoms with van der Waals surface area (Å²) in [6.45, 7) is 4.54. The fraction of sp³-hybridized carbons (Fsp3) is 0.810. The van der Waals surface area contributed by atoms with Crippen molar-refractivity contribution in [1.82, 2.24) is 0 Å². The summed E-state index contributed by atoms with van der Waals surface area (Å²) in [5.41, 5.74) is 0.0730. The summed E-state index contributed by atoms with van der Waals surface area (Å²) in [5, 5.41) is 11.5. The standard InChI is InChI=1S/C21H29BrO3/c1-19-8-5-14(23)11-13(19)3-4-15-16(19)6-9-20(2)17(15)7-10-21(20,25)18(24)12-22/h11,15-17,25H,3-10,12H2,1-2H3/t15-,16+,17+,19+,20+,21+/m1/s1. The Morgan fingerprint density at radius 3 is 2.60 bits per heavy atom. The molecule has 3 fully saturated rings. The number of hydrogen-bond donors (Lipinski definition) is 1. The fourth-order valence-corrected chi connectivity index (χ4v) is 7.61. The Hall–Kier alpha value is -0.480. The molecular formula is C21H29BrO3. The summed E-state index contributed by atoms with van der Waals surface area (Å²) in [5.74, 6) is 1.85. The molecule has 25 heavy (non-hydrogen) atoms. The van der Waals surface area contributed by atoms with Gasteiger partial charge in [0, 0.05) is 11.8 Å². The third-order valence-electron chi connectivity index (χ3n) is 8.70. The summed E-state index contributed by atoms with van der Waals surface area (Å²) in [6, 6.07) is 0. The maximum Gasteiger partial charge on any atom is 0.175 e. The number of alkyl halides is 1. The van der Waals surface area contributed by atoms with Crippen molar-refractivity contribution in [3.63, 3.8) is 0 Å². The number of carbonyl (C=O) groups is 2. The summed E-state index contributed by atoms with van der Waals surface area (Å²) >= 11 is 3.28. The maximum atomic E-state index is 12.5. The van der Waals surface area contributed by atoms with Gasteiger partial charge >= 0.3 is 0 Å². The number of aliphatic hydroxyl groups is 1. The number of halogens is 1. The molecule has 3 nitrogen and oxygen atoms in total. The highest BCUT2D eigenvalue weighted by Crippen LogP contribution is 2.67. The Labute approximate surface area is 158 Å². The molecule has 6 atom stereocenters. The first kappa shape index (κ1) is 17.9. The normalized spacial score (nSPS) is 49.0. The quantitative estimate of drug-likeness (QED) is 0.695. The minimum Gasteiger partial charge on any atom is -0.381 e. The van der Waals surface area contributed by atoms with Crippen LogP contribution < -0.4 is 0 Å². The number of ketones is 2. The number of Topliss-reactive ketones (excluding diaryl/α,β-unsaturated/α-hetero) is 1. The zero-order chi connectivity index (χ0) is 18.0. The molecule has 4 rings (SSSR count). The average Bonchev–Trinajstić information content (AvgIpc) is 2.87. The highest BCUT2D eigenvalue weighted by atomic mass is 79.9. The van der Waals surface area contributed by atoms with Gasteiger partial charge in [-0.1, -0.05) is 35.4 Å². The number of carbonyl (C=O) groups excluding carboxylic acids is 2. The van der Waals surface area contributed by atoms with Crippen molar-refractivity contribution in [2.24, 2.45) is 28.6 Å². The van der Waals surface area contributed by atoms with Crippen LogP contribution in [0.2, 0.25) is 0 Å². The van der Waals surface area contributed by atoms with E-state index in [2.05, 4.69) is 29.8 Å². The van der Waals surface area contributed by atoms with Gasteiger partial charge in [-0.25, -0.2) is 0 Å². The number of rotatable bonds is 2. The van der Waals surface area contributed by atoms with Crippen LogP contribution in [0.1, 0.15) is 65.2 Å². The van der Waals surface area contributed by atoms with Crippen LogP contribution in [-0.2, 0) is 9.59 Å². The lowest BCUT2D eigenvalue weighted by molar-refractivity contribution is -0.159. The monoisotopic (exact) mass is 408 g/mol. The highest BCUT2D eigenvalue weighted by Gasteiger charge is 2.65. The maximum absolute atomic E-state index is 12.5. The molecule has 4 aliphatic rings. The zero-order valence-electron chi connectivity index (χ0n) is 15.3. The van der Waals surface area contributed by atoms with E-state index in [4.69, 9.17) is 0 Å². The Balaban J connectivity index is 1.68. The molecule has 0 aliphatic heterocycles. The van der Waals surface area contributed by atoms with Gasteiger partial charge in [-0.15, -0.1) is 0 Å². The van der Waals surface area contributed by atoms with Gasteiger partial charge in [-0.3, -0.25) is 9.59 Å². The molecule has 4 aliphatic carbocycles. The minimum absolute atomic E-state index is 0.0400. The van der Waals surface area contributed by atoms with Gasteiger partial charge in [0.25, 0.3) is 0 Å². The number of fused-ring (bicyclic) bond motifs is 5. The van der Waals surface area contributed by atoms with Gasteiger partial charge in [0.2, 0.25) is 0 Å². The molecule has 0 unspecified atom stereocenters. The molecule has 3 saturated carbocycles. The van der Waals surface area contributed by atoms with Crippen LogP contribution >= 0.6 is 15.9 Å². The first-order valence-electron chi connectivity index (χ1n) is 9.82. The second-order valence-corrected chi connectivity index (χ2v) is 9.94. The second kappa shape index (κ2) is 5.76. The second-order valence-electron chi connectivity index (χ2n) is 9.38. The highest BCUT2D eigenvalue weighted by molar-refractivity contribution is 9.09. The predicted octanol–water partition coefficient (Wildman–Crippen LogP) is 4.21. The topological polar surface area (TPSA) is 54.4 Å². The zero-order valence-corrected chi connectivity index (χ0v) is 16.9. The molecule has 0 aromatic rings. The summed E-state index contributed by atoms with van der Waals surface area (Å²) < 4.78 is 0. The first-order chi connectivity index (χ1) is 11.8. The average molecular weight is 409 g/mol. The van der Waals surface area contributed by atoms with Gasteiger partial charge in [0.15, 0.2) is 11.6 Å². The predicted molar refractivity (Wildman–Crippen MR) is 100 cm³/mol. The van der Waals surface area contributed by atoms with E-state index < -0.39 is 5.60 Å². The van der Waals surface area contributed by atoms with Gasteiger partial charge in [-0.05, 0) is 74.2 Å². The van der Waals surface area contributed by atoms with Crippen LogP contribution in [0.4, 0.5) is 0 Å².